The maximum atomic E-state index is 14.0. The van der Waals surface area contributed by atoms with Gasteiger partial charge in [0.25, 0.3) is 5.91 Å². The number of likely N-dealkylation sites (N-methyl/N-ethyl adjacent to an activating group) is 1. The molecule has 232 valence electrons. The minimum absolute atomic E-state index is 0.0214. The molecule has 0 fully saturated rings. The molecule has 4 N–H and O–H groups in total. The standard InChI is InChI=1S/C33H43ClN4O5/c1-3-5-6-7-15-25(21-30(35)39)37(4-2)33(43)27(17-12-19-31(40)41)36-32(42)29-20-23-13-9-11-18-28(23)38(29)22-24-14-8-10-16-26(24)34/h8-11,13-14,16,18,20,25,27H,3-7,12,15,17,19,21-22H2,1-2H3,(H2,35,39)(H,36,42)(H,40,41)/t25-,27-/m0/s1. The fourth-order valence-corrected chi connectivity index (χ4v) is 5.71. The molecule has 10 heteroatoms. The Bertz CT molecular complexity index is 1400. The number of nitrogens with zero attached hydrogens (tertiary/aromatic N) is 2. The summed E-state index contributed by atoms with van der Waals surface area (Å²) in [5.74, 6) is -2.28. The van der Waals surface area contributed by atoms with Crippen molar-refractivity contribution < 1.29 is 24.3 Å². The van der Waals surface area contributed by atoms with Gasteiger partial charge in [0, 0.05) is 47.9 Å². The van der Waals surface area contributed by atoms with E-state index in [0.717, 1.165) is 42.1 Å². The molecule has 3 rings (SSSR count). The van der Waals surface area contributed by atoms with Crippen LogP contribution < -0.4 is 11.1 Å². The molecule has 9 nitrogen and oxygen atoms in total. The first-order valence-corrected chi connectivity index (χ1v) is 15.5. The minimum atomic E-state index is -0.982. The van der Waals surface area contributed by atoms with Crippen molar-refractivity contribution in [3.8, 4) is 0 Å². The number of carbonyl (C=O) groups is 4. The van der Waals surface area contributed by atoms with E-state index in [2.05, 4.69) is 12.2 Å². The van der Waals surface area contributed by atoms with E-state index in [-0.39, 0.29) is 31.6 Å². The Morgan fingerprint density at radius 3 is 2.37 bits per heavy atom. The molecule has 0 radical (unpaired) electrons. The predicted molar refractivity (Wildman–Crippen MR) is 169 cm³/mol. The van der Waals surface area contributed by atoms with Gasteiger partial charge in [0.05, 0.1) is 0 Å². The number of halogens is 1. The van der Waals surface area contributed by atoms with E-state index in [4.69, 9.17) is 17.3 Å². The summed E-state index contributed by atoms with van der Waals surface area (Å²) in [5.41, 5.74) is 7.60. The average molecular weight is 611 g/mol. The molecule has 0 unspecified atom stereocenters. The van der Waals surface area contributed by atoms with Gasteiger partial charge in [0.1, 0.15) is 11.7 Å². The second kappa shape index (κ2) is 16.7. The zero-order chi connectivity index (χ0) is 31.4. The summed E-state index contributed by atoms with van der Waals surface area (Å²) in [4.78, 5) is 52.8. The van der Waals surface area contributed by atoms with Crippen molar-refractivity contribution in [2.45, 2.75) is 90.3 Å². The number of rotatable bonds is 18. The van der Waals surface area contributed by atoms with Crippen LogP contribution in [0.25, 0.3) is 10.9 Å². The molecule has 0 saturated carbocycles. The number of aliphatic carboxylic acids is 1. The molecule has 3 aromatic rings. The number of carbonyl (C=O) groups excluding carboxylic acids is 3. The lowest BCUT2D eigenvalue weighted by atomic mass is 10.0. The summed E-state index contributed by atoms with van der Waals surface area (Å²) < 4.78 is 1.87. The maximum absolute atomic E-state index is 14.0. The Morgan fingerprint density at radius 2 is 1.70 bits per heavy atom. The lowest BCUT2D eigenvalue weighted by Crippen LogP contribution is -2.52. The summed E-state index contributed by atoms with van der Waals surface area (Å²) in [5, 5.41) is 13.6. The Balaban J connectivity index is 1.93. The number of para-hydroxylation sites is 1. The molecule has 1 aromatic heterocycles. The molecule has 0 aliphatic rings. The summed E-state index contributed by atoms with van der Waals surface area (Å²) in [6, 6.07) is 15.4. The van der Waals surface area contributed by atoms with Crippen LogP contribution in [0, 0.1) is 0 Å². The third kappa shape index (κ3) is 9.58. The number of nitrogens with two attached hydrogens (primary N) is 1. The second-order valence-electron chi connectivity index (χ2n) is 10.9. The van der Waals surface area contributed by atoms with Crippen LogP contribution in [0.15, 0.2) is 54.6 Å². The van der Waals surface area contributed by atoms with Crippen LogP contribution in [0.5, 0.6) is 0 Å². The molecule has 0 bridgehead atoms. The Labute approximate surface area is 258 Å². The van der Waals surface area contributed by atoms with Crippen LogP contribution in [-0.4, -0.2) is 56.9 Å². The number of carboxylic acid groups (broad SMARTS) is 1. The van der Waals surface area contributed by atoms with E-state index < -0.39 is 29.9 Å². The van der Waals surface area contributed by atoms with Crippen LogP contribution in [-0.2, 0) is 20.9 Å². The van der Waals surface area contributed by atoms with Gasteiger partial charge >= 0.3 is 5.97 Å². The van der Waals surface area contributed by atoms with E-state index in [0.29, 0.717) is 30.2 Å². The Morgan fingerprint density at radius 1 is 0.977 bits per heavy atom. The zero-order valence-electron chi connectivity index (χ0n) is 25.1. The molecule has 2 atom stereocenters. The number of hydrogen-bond donors (Lipinski definition) is 3. The first kappa shape index (κ1) is 33.6. The van der Waals surface area contributed by atoms with Crippen molar-refractivity contribution in [1.82, 2.24) is 14.8 Å². The highest BCUT2D eigenvalue weighted by Crippen LogP contribution is 2.25. The van der Waals surface area contributed by atoms with Crippen molar-refractivity contribution in [3.05, 3.63) is 70.9 Å². The third-order valence-electron chi connectivity index (χ3n) is 7.71. The lowest BCUT2D eigenvalue weighted by Gasteiger charge is -2.34. The normalized spacial score (nSPS) is 12.5. The number of carboxylic acids is 1. The molecule has 1 heterocycles. The summed E-state index contributed by atoms with van der Waals surface area (Å²) in [6.07, 6.45) is 4.76. The SMILES string of the molecule is CCCCCC[C@@H](CC(N)=O)N(CC)C(=O)[C@H](CCCC(=O)O)NC(=O)c1cc2ccccc2n1Cc1ccccc1Cl. The smallest absolute Gasteiger partial charge is 0.303 e. The summed E-state index contributed by atoms with van der Waals surface area (Å²) in [7, 11) is 0. The van der Waals surface area contributed by atoms with Crippen molar-refractivity contribution in [2.75, 3.05) is 6.54 Å². The Kier molecular flexibility index (Phi) is 13.1. The fraction of sp³-hybridized carbons (Fsp3) is 0.455. The van der Waals surface area contributed by atoms with Crippen molar-refractivity contribution in [3.63, 3.8) is 0 Å². The van der Waals surface area contributed by atoms with Gasteiger partial charge in [-0.1, -0.05) is 80.6 Å². The molecular weight excluding hydrogens is 568 g/mol. The first-order valence-electron chi connectivity index (χ1n) is 15.1. The number of benzene rings is 2. The molecule has 0 aliphatic carbocycles. The van der Waals surface area contributed by atoms with Gasteiger partial charge in [-0.15, -0.1) is 0 Å². The number of primary amides is 1. The quantitative estimate of drug-likeness (QED) is 0.157. The van der Waals surface area contributed by atoms with Gasteiger partial charge in [0.2, 0.25) is 11.8 Å². The number of unbranched alkanes of at least 4 members (excludes halogenated alkanes) is 3. The average Bonchev–Trinajstić information content (AvgIpc) is 3.34. The predicted octanol–water partition coefficient (Wildman–Crippen LogP) is 5.76. The van der Waals surface area contributed by atoms with Crippen LogP contribution in [0.2, 0.25) is 5.02 Å². The number of nitrogens with one attached hydrogen (secondary N) is 1. The molecule has 2 aromatic carbocycles. The van der Waals surface area contributed by atoms with Crippen LogP contribution in [0.1, 0.15) is 87.7 Å². The minimum Gasteiger partial charge on any atom is -0.481 e. The van der Waals surface area contributed by atoms with E-state index in [1.54, 1.807) is 17.0 Å². The largest absolute Gasteiger partial charge is 0.481 e. The van der Waals surface area contributed by atoms with Crippen molar-refractivity contribution in [1.29, 1.82) is 0 Å². The summed E-state index contributed by atoms with van der Waals surface area (Å²) in [6.45, 7) is 4.60. The molecule has 0 saturated heterocycles. The monoisotopic (exact) mass is 610 g/mol. The van der Waals surface area contributed by atoms with E-state index in [1.165, 1.54) is 0 Å². The zero-order valence-corrected chi connectivity index (χ0v) is 25.8. The molecule has 0 aliphatic heterocycles. The molecular formula is C33H43ClN4O5. The van der Waals surface area contributed by atoms with Crippen molar-refractivity contribution >= 4 is 46.2 Å². The molecule has 43 heavy (non-hydrogen) atoms. The first-order chi connectivity index (χ1) is 20.7. The van der Waals surface area contributed by atoms with Gasteiger partial charge in [0.15, 0.2) is 0 Å². The van der Waals surface area contributed by atoms with Gasteiger partial charge in [-0.3, -0.25) is 19.2 Å². The van der Waals surface area contributed by atoms with E-state index in [9.17, 15) is 24.3 Å². The lowest BCUT2D eigenvalue weighted by molar-refractivity contribution is -0.139. The van der Waals surface area contributed by atoms with E-state index >= 15 is 0 Å². The number of amides is 3. The highest BCUT2D eigenvalue weighted by molar-refractivity contribution is 6.31. The number of hydrogen-bond acceptors (Lipinski definition) is 4. The number of aromatic nitrogens is 1. The fourth-order valence-electron chi connectivity index (χ4n) is 5.51. The topological polar surface area (TPSA) is 135 Å². The van der Waals surface area contributed by atoms with Crippen LogP contribution in [0.3, 0.4) is 0 Å². The highest BCUT2D eigenvalue weighted by atomic mass is 35.5. The molecule has 0 spiro atoms. The maximum Gasteiger partial charge on any atom is 0.303 e. The van der Waals surface area contributed by atoms with Gasteiger partial charge in [-0.2, -0.15) is 0 Å². The summed E-state index contributed by atoms with van der Waals surface area (Å²) >= 11 is 6.46. The van der Waals surface area contributed by atoms with Gasteiger partial charge in [-0.25, -0.2) is 0 Å². The highest BCUT2D eigenvalue weighted by Gasteiger charge is 2.31. The van der Waals surface area contributed by atoms with E-state index in [1.807, 2.05) is 54.0 Å². The number of fused-ring (bicyclic) bond motifs is 1. The Hall–Kier alpha value is -3.85. The third-order valence-corrected chi connectivity index (χ3v) is 8.08. The van der Waals surface area contributed by atoms with Crippen LogP contribution >= 0.6 is 11.6 Å². The van der Waals surface area contributed by atoms with Crippen molar-refractivity contribution in [2.24, 2.45) is 5.73 Å². The van der Waals surface area contributed by atoms with Gasteiger partial charge in [-0.05, 0) is 49.9 Å². The van der Waals surface area contributed by atoms with Crippen LogP contribution in [0.4, 0.5) is 0 Å². The second-order valence-corrected chi connectivity index (χ2v) is 11.3. The molecule has 3 amide bonds. The van der Waals surface area contributed by atoms with Gasteiger partial charge < -0.3 is 25.6 Å².